The molecule has 1 aliphatic heterocycles. The summed E-state index contributed by atoms with van der Waals surface area (Å²) in [6.45, 7) is 8.35. The van der Waals surface area contributed by atoms with Crippen molar-refractivity contribution in [3.05, 3.63) is 0 Å². The quantitative estimate of drug-likeness (QED) is 0.468. The zero-order valence-electron chi connectivity index (χ0n) is 5.28. The summed E-state index contributed by atoms with van der Waals surface area (Å²) in [6, 6.07) is 0. The van der Waals surface area contributed by atoms with E-state index in [0.717, 1.165) is 5.54 Å². The molecule has 1 rings (SSSR count). The smallest absolute Gasteiger partial charge is 0.123 e. The molecule has 1 atom stereocenters. The van der Waals surface area contributed by atoms with Crippen molar-refractivity contribution in [1.29, 1.82) is 0 Å². The third kappa shape index (κ3) is 0.727. The van der Waals surface area contributed by atoms with Crippen LogP contribution in [0.25, 0.3) is 0 Å². The normalized spacial score (nSPS) is 37.3. The van der Waals surface area contributed by atoms with Crippen LogP contribution in [-0.4, -0.2) is 14.8 Å². The minimum Gasteiger partial charge on any atom is -0.337 e. The minimum absolute atomic E-state index is 0.804. The Bertz CT molecular complexity index is 80.1. The fourth-order valence-corrected chi connectivity index (χ4v) is 2.14. The highest BCUT2D eigenvalue weighted by Gasteiger charge is 2.36. The Balaban J connectivity index is 2.43. The van der Waals surface area contributed by atoms with Gasteiger partial charge in [0.15, 0.2) is 0 Å². The van der Waals surface area contributed by atoms with Crippen molar-refractivity contribution in [2.45, 2.75) is 25.6 Å². The zero-order chi connectivity index (χ0) is 5.49. The first-order valence-electron chi connectivity index (χ1n) is 2.88. The van der Waals surface area contributed by atoms with Gasteiger partial charge in [-0.05, 0) is 12.1 Å². The van der Waals surface area contributed by atoms with Crippen LogP contribution in [0.4, 0.5) is 0 Å². The van der Waals surface area contributed by atoms with Crippen LogP contribution in [0.2, 0.25) is 18.6 Å². The van der Waals surface area contributed by atoms with Crippen LogP contribution < -0.4 is 4.98 Å². The molecular weight excluding hydrogens is 102 g/mol. The lowest BCUT2D eigenvalue weighted by molar-refractivity contribution is 0.694. The van der Waals surface area contributed by atoms with Gasteiger partial charge in [-0.25, -0.2) is 0 Å². The maximum Gasteiger partial charge on any atom is 0.123 e. The first kappa shape index (κ1) is 5.32. The van der Waals surface area contributed by atoms with Crippen LogP contribution in [0.1, 0.15) is 6.92 Å². The Morgan fingerprint density at radius 1 is 1.57 bits per heavy atom. The van der Waals surface area contributed by atoms with E-state index in [-0.39, 0.29) is 0 Å². The first-order chi connectivity index (χ1) is 3.13. The first-order valence-corrected chi connectivity index (χ1v) is 5.96. The van der Waals surface area contributed by atoms with Crippen LogP contribution in [0.3, 0.4) is 0 Å². The fraction of sp³-hybridized carbons (Fsp3) is 1.00. The van der Waals surface area contributed by atoms with E-state index in [1.807, 2.05) is 0 Å². The molecule has 1 unspecified atom stereocenters. The van der Waals surface area contributed by atoms with Crippen molar-refractivity contribution < 1.29 is 0 Å². The number of hydrogen-bond donors (Lipinski definition) is 1. The molecule has 7 heavy (non-hydrogen) atoms. The molecule has 42 valence electrons. The van der Waals surface area contributed by atoms with Crippen LogP contribution in [-0.2, 0) is 0 Å². The van der Waals surface area contributed by atoms with E-state index in [1.54, 1.807) is 0 Å². The molecule has 0 aromatic carbocycles. The maximum absolute atomic E-state index is 3.47. The Labute approximate surface area is 46.2 Å². The van der Waals surface area contributed by atoms with Gasteiger partial charge in [0.1, 0.15) is 8.24 Å². The minimum atomic E-state index is -0.804. The molecule has 2 heteroatoms. The Hall–Kier alpha value is 0.177. The van der Waals surface area contributed by atoms with E-state index in [9.17, 15) is 0 Å². The van der Waals surface area contributed by atoms with Crippen LogP contribution >= 0.6 is 0 Å². The van der Waals surface area contributed by atoms with Crippen molar-refractivity contribution in [1.82, 2.24) is 4.98 Å². The molecule has 0 spiro atoms. The third-order valence-electron chi connectivity index (χ3n) is 2.10. The van der Waals surface area contributed by atoms with Gasteiger partial charge in [-0.2, -0.15) is 0 Å². The molecule has 1 heterocycles. The largest absolute Gasteiger partial charge is 0.337 e. The van der Waals surface area contributed by atoms with Gasteiger partial charge in [0.05, 0.1) is 0 Å². The number of nitrogens with one attached hydrogen (secondary N) is 1. The van der Waals surface area contributed by atoms with Gasteiger partial charge in [-0.1, -0.05) is 20.0 Å². The summed E-state index contributed by atoms with van der Waals surface area (Å²) in [5.41, 5.74) is 1.01. The highest BCUT2D eigenvalue weighted by atomic mass is 28.3. The topological polar surface area (TPSA) is 12.0 Å². The lowest BCUT2D eigenvalue weighted by atomic mass is 10.5. The monoisotopic (exact) mass is 115 g/mol. The van der Waals surface area contributed by atoms with E-state index in [1.165, 1.54) is 6.54 Å². The molecule has 0 aliphatic carbocycles. The summed E-state index contributed by atoms with van der Waals surface area (Å²) in [4.78, 5) is 3.47. The third-order valence-corrected chi connectivity index (χ3v) is 5.88. The highest BCUT2D eigenvalue weighted by molar-refractivity contribution is 6.78. The molecule has 0 amide bonds. The van der Waals surface area contributed by atoms with Crippen molar-refractivity contribution in [2.24, 2.45) is 0 Å². The van der Waals surface area contributed by atoms with Gasteiger partial charge in [0.2, 0.25) is 0 Å². The molecule has 0 radical (unpaired) electrons. The lowest BCUT2D eigenvalue weighted by Crippen LogP contribution is -2.61. The van der Waals surface area contributed by atoms with Gasteiger partial charge in [-0.3, -0.25) is 0 Å². The SMILES string of the molecule is CC1CN[Si]1(C)C. The molecule has 1 saturated heterocycles. The number of rotatable bonds is 0. The molecule has 1 nitrogen and oxygen atoms in total. The van der Waals surface area contributed by atoms with E-state index in [0.29, 0.717) is 0 Å². The molecule has 1 N–H and O–H groups in total. The van der Waals surface area contributed by atoms with Crippen molar-refractivity contribution >= 4 is 8.24 Å². The average molecular weight is 115 g/mol. The summed E-state index contributed by atoms with van der Waals surface area (Å²) in [7, 11) is -0.804. The van der Waals surface area contributed by atoms with Crippen molar-refractivity contribution in [3.8, 4) is 0 Å². The maximum atomic E-state index is 3.47. The molecule has 0 bridgehead atoms. The lowest BCUT2D eigenvalue weighted by Gasteiger charge is -2.41. The Morgan fingerprint density at radius 3 is 2.00 bits per heavy atom. The number of hydrogen-bond acceptors (Lipinski definition) is 1. The summed E-state index contributed by atoms with van der Waals surface area (Å²) in [5.74, 6) is 0. The van der Waals surface area contributed by atoms with Gasteiger partial charge in [0, 0.05) is 0 Å². The second-order valence-corrected chi connectivity index (χ2v) is 7.79. The van der Waals surface area contributed by atoms with Gasteiger partial charge < -0.3 is 4.98 Å². The molecule has 1 aliphatic rings. The van der Waals surface area contributed by atoms with E-state index >= 15 is 0 Å². The Kier molecular flexibility index (Phi) is 1.01. The Morgan fingerprint density at radius 2 is 2.00 bits per heavy atom. The second kappa shape index (κ2) is 1.33. The second-order valence-electron chi connectivity index (χ2n) is 3.00. The summed E-state index contributed by atoms with van der Waals surface area (Å²) in [5, 5.41) is 0. The van der Waals surface area contributed by atoms with E-state index in [2.05, 4.69) is 25.0 Å². The molecule has 0 saturated carbocycles. The van der Waals surface area contributed by atoms with Gasteiger partial charge in [-0.15, -0.1) is 0 Å². The van der Waals surface area contributed by atoms with Crippen LogP contribution in [0.5, 0.6) is 0 Å². The van der Waals surface area contributed by atoms with Crippen LogP contribution in [0, 0.1) is 0 Å². The molecule has 0 aromatic rings. The summed E-state index contributed by atoms with van der Waals surface area (Å²) < 4.78 is 0. The summed E-state index contributed by atoms with van der Waals surface area (Å²) >= 11 is 0. The van der Waals surface area contributed by atoms with Crippen molar-refractivity contribution in [3.63, 3.8) is 0 Å². The summed E-state index contributed by atoms with van der Waals surface area (Å²) in [6.07, 6.45) is 0. The van der Waals surface area contributed by atoms with Gasteiger partial charge in [0.25, 0.3) is 0 Å². The predicted molar refractivity (Wildman–Crippen MR) is 34.9 cm³/mol. The van der Waals surface area contributed by atoms with Crippen LogP contribution in [0.15, 0.2) is 0 Å². The highest BCUT2D eigenvalue weighted by Crippen LogP contribution is 2.25. The van der Waals surface area contributed by atoms with Gasteiger partial charge >= 0.3 is 0 Å². The zero-order valence-corrected chi connectivity index (χ0v) is 6.28. The molecule has 1 fully saturated rings. The predicted octanol–water partition coefficient (Wildman–Crippen LogP) is 1.18. The van der Waals surface area contributed by atoms with E-state index < -0.39 is 8.24 Å². The fourth-order valence-electron chi connectivity index (χ4n) is 0.714. The van der Waals surface area contributed by atoms with E-state index in [4.69, 9.17) is 0 Å². The molecule has 0 aromatic heterocycles. The van der Waals surface area contributed by atoms with Crippen molar-refractivity contribution in [2.75, 3.05) is 6.54 Å². The average Bonchev–Trinajstić information content (AvgIpc) is 1.63. The standard InChI is InChI=1S/C5H13NSi/c1-5-4-6-7(5,2)3/h5-6H,4H2,1-3H3. The molecular formula is C5H13NSi.